The number of benzene rings is 1. The van der Waals surface area contributed by atoms with Crippen molar-refractivity contribution in [3.63, 3.8) is 0 Å². The minimum Gasteiger partial charge on any atom is -1.00 e. The van der Waals surface area contributed by atoms with E-state index in [-0.39, 0.29) is 24.0 Å². The quantitative estimate of drug-likeness (QED) is 0.410. The van der Waals surface area contributed by atoms with E-state index in [9.17, 15) is 0 Å². The van der Waals surface area contributed by atoms with Gasteiger partial charge in [0.05, 0.1) is 5.69 Å². The van der Waals surface area contributed by atoms with Crippen LogP contribution in [-0.2, 0) is 0 Å². The number of nitrogens with zero attached hydrogens (tertiary/aromatic N) is 1. The second kappa shape index (κ2) is 6.30. The highest BCUT2D eigenvalue weighted by Gasteiger charge is 1.88. The monoisotopic (exact) mass is 293 g/mol. The van der Waals surface area contributed by atoms with Crippen molar-refractivity contribution in [2.45, 2.75) is 0 Å². The maximum atomic E-state index is 5.52. The molecule has 2 N–H and O–H groups in total. The van der Waals surface area contributed by atoms with Gasteiger partial charge in [0, 0.05) is 0 Å². The van der Waals surface area contributed by atoms with E-state index >= 15 is 0 Å². The first kappa shape index (κ1) is 11.8. The van der Waals surface area contributed by atoms with Gasteiger partial charge in [-0.2, -0.15) is 0 Å². The molecule has 0 saturated heterocycles. The van der Waals surface area contributed by atoms with Crippen LogP contribution in [0.4, 0.5) is 5.69 Å². The smallest absolute Gasteiger partial charge is 0.158 e. The zero-order chi connectivity index (χ0) is 8.10. The summed E-state index contributed by atoms with van der Waals surface area (Å²) in [5, 5.41) is 0.594. The van der Waals surface area contributed by atoms with Gasteiger partial charge >= 0.3 is 0 Å². The van der Waals surface area contributed by atoms with E-state index in [1.807, 2.05) is 36.6 Å². The van der Waals surface area contributed by atoms with Crippen molar-refractivity contribution in [1.29, 1.82) is 0 Å². The van der Waals surface area contributed by atoms with Crippen LogP contribution in [0.5, 0.6) is 0 Å². The largest absolute Gasteiger partial charge is 1.00 e. The Labute approximate surface area is 93.7 Å². The van der Waals surface area contributed by atoms with Gasteiger partial charge in [-0.25, -0.2) is 4.99 Å². The summed E-state index contributed by atoms with van der Waals surface area (Å²) in [6, 6.07) is 9.67. The molecule has 4 heteroatoms. The number of amidine groups is 1. The topological polar surface area (TPSA) is 38.4 Å². The summed E-state index contributed by atoms with van der Waals surface area (Å²) >= 11 is 1.45. The Bertz CT molecular complexity index is 248. The van der Waals surface area contributed by atoms with E-state index in [4.69, 9.17) is 5.73 Å². The van der Waals surface area contributed by atoms with Gasteiger partial charge in [0.1, 0.15) is 0 Å². The molecule has 1 rings (SSSR count). The lowest BCUT2D eigenvalue weighted by Crippen LogP contribution is -3.00. The maximum Gasteiger partial charge on any atom is 0.158 e. The van der Waals surface area contributed by atoms with E-state index in [1.165, 1.54) is 11.8 Å². The molecule has 2 nitrogen and oxygen atoms in total. The second-order valence-corrected chi connectivity index (χ2v) is 2.82. The van der Waals surface area contributed by atoms with Gasteiger partial charge in [0.2, 0.25) is 0 Å². The van der Waals surface area contributed by atoms with Gasteiger partial charge in [-0.3, -0.25) is 0 Å². The van der Waals surface area contributed by atoms with Crippen molar-refractivity contribution in [3.8, 4) is 0 Å². The maximum absolute atomic E-state index is 5.52. The number of para-hydroxylation sites is 1. The highest BCUT2D eigenvalue weighted by atomic mass is 127. The molecular formula is C8H10IN2S-. The van der Waals surface area contributed by atoms with Crippen LogP contribution in [0.2, 0.25) is 0 Å². The highest BCUT2D eigenvalue weighted by molar-refractivity contribution is 8.13. The van der Waals surface area contributed by atoms with Crippen LogP contribution in [0, 0.1) is 0 Å². The van der Waals surface area contributed by atoms with Gasteiger partial charge in [-0.05, 0) is 18.4 Å². The lowest BCUT2D eigenvalue weighted by Gasteiger charge is -1.94. The van der Waals surface area contributed by atoms with E-state index in [0.29, 0.717) is 5.17 Å². The third-order valence-corrected chi connectivity index (χ3v) is 1.71. The van der Waals surface area contributed by atoms with Crippen LogP contribution < -0.4 is 29.7 Å². The molecule has 1 aromatic carbocycles. The predicted octanol–water partition coefficient (Wildman–Crippen LogP) is -1.00. The number of thioether (sulfide) groups is 1. The zero-order valence-electron chi connectivity index (χ0n) is 6.70. The Kier molecular flexibility index (Phi) is 6.18. The molecular weight excluding hydrogens is 283 g/mol. The van der Waals surface area contributed by atoms with Gasteiger partial charge in [0.25, 0.3) is 0 Å². The SMILES string of the molecule is CSC(N)=Nc1ccccc1.[I-]. The predicted molar refractivity (Wildman–Crippen MR) is 51.2 cm³/mol. The molecule has 0 aliphatic rings. The highest BCUT2D eigenvalue weighted by Crippen LogP contribution is 2.10. The second-order valence-electron chi connectivity index (χ2n) is 1.99. The van der Waals surface area contributed by atoms with Crippen LogP contribution in [0.1, 0.15) is 0 Å². The fraction of sp³-hybridized carbons (Fsp3) is 0.125. The first-order valence-corrected chi connectivity index (χ1v) is 4.48. The summed E-state index contributed by atoms with van der Waals surface area (Å²) in [4.78, 5) is 4.13. The minimum atomic E-state index is 0. The third kappa shape index (κ3) is 3.96. The molecule has 0 unspecified atom stereocenters. The molecule has 0 saturated carbocycles. The van der Waals surface area contributed by atoms with Crippen molar-refractivity contribution in [2.75, 3.05) is 6.26 Å². The molecule has 0 radical (unpaired) electrons. The average molecular weight is 293 g/mol. The molecule has 0 amide bonds. The zero-order valence-corrected chi connectivity index (χ0v) is 9.67. The Hall–Kier alpha value is -0.230. The number of rotatable bonds is 1. The number of aliphatic imine (C=N–C) groups is 1. The third-order valence-electron chi connectivity index (χ3n) is 1.20. The molecule has 0 heterocycles. The van der Waals surface area contributed by atoms with E-state index in [2.05, 4.69) is 4.99 Å². The van der Waals surface area contributed by atoms with Crippen molar-refractivity contribution in [3.05, 3.63) is 30.3 Å². The van der Waals surface area contributed by atoms with Gasteiger partial charge in [-0.1, -0.05) is 30.0 Å². The lowest BCUT2D eigenvalue weighted by atomic mass is 10.3. The average Bonchev–Trinajstić information content (AvgIpc) is 2.06. The normalized spacial score (nSPS) is 10.6. The summed E-state index contributed by atoms with van der Waals surface area (Å²) in [6.07, 6.45) is 1.90. The van der Waals surface area contributed by atoms with E-state index in [1.54, 1.807) is 0 Å². The first-order chi connectivity index (χ1) is 5.33. The molecule has 12 heavy (non-hydrogen) atoms. The number of hydrogen-bond acceptors (Lipinski definition) is 2. The molecule has 0 spiro atoms. The first-order valence-electron chi connectivity index (χ1n) is 3.26. The molecule has 0 aromatic heterocycles. The lowest BCUT2D eigenvalue weighted by molar-refractivity contribution is -0.00000237. The molecule has 0 atom stereocenters. The van der Waals surface area contributed by atoms with Crippen LogP contribution in [0.25, 0.3) is 0 Å². The van der Waals surface area contributed by atoms with Crippen molar-refractivity contribution < 1.29 is 24.0 Å². The number of hydrogen-bond donors (Lipinski definition) is 1. The Balaban J connectivity index is 0.00000121. The van der Waals surface area contributed by atoms with Gasteiger partial charge in [-0.15, -0.1) is 0 Å². The van der Waals surface area contributed by atoms with Crippen molar-refractivity contribution in [1.82, 2.24) is 0 Å². The summed E-state index contributed by atoms with van der Waals surface area (Å²) in [6.45, 7) is 0. The van der Waals surface area contributed by atoms with E-state index in [0.717, 1.165) is 5.69 Å². The fourth-order valence-electron chi connectivity index (χ4n) is 0.675. The molecule has 0 bridgehead atoms. The summed E-state index contributed by atoms with van der Waals surface area (Å²) in [5.41, 5.74) is 6.42. The minimum absolute atomic E-state index is 0. The standard InChI is InChI=1S/C8H10N2S.HI/c1-11-8(9)10-7-5-3-2-4-6-7;/h2-6H,1H3,(H2,9,10);1H/p-1. The summed E-state index contributed by atoms with van der Waals surface area (Å²) in [5.74, 6) is 0. The van der Waals surface area contributed by atoms with Gasteiger partial charge < -0.3 is 29.7 Å². The molecule has 66 valence electrons. The fourth-order valence-corrected chi connectivity index (χ4v) is 0.872. The van der Waals surface area contributed by atoms with Crippen LogP contribution in [0.15, 0.2) is 35.3 Å². The van der Waals surface area contributed by atoms with Gasteiger partial charge in [0.15, 0.2) is 5.17 Å². The van der Waals surface area contributed by atoms with Crippen molar-refractivity contribution >= 4 is 22.6 Å². The Morgan fingerprint density at radius 3 is 2.42 bits per heavy atom. The molecule has 0 fully saturated rings. The van der Waals surface area contributed by atoms with Crippen LogP contribution >= 0.6 is 11.8 Å². The summed E-state index contributed by atoms with van der Waals surface area (Å²) in [7, 11) is 0. The molecule has 0 aliphatic carbocycles. The Morgan fingerprint density at radius 2 is 1.92 bits per heavy atom. The van der Waals surface area contributed by atoms with E-state index < -0.39 is 0 Å². The molecule has 1 aromatic rings. The van der Waals surface area contributed by atoms with Crippen LogP contribution in [0.3, 0.4) is 0 Å². The van der Waals surface area contributed by atoms with Crippen molar-refractivity contribution in [2.24, 2.45) is 10.7 Å². The van der Waals surface area contributed by atoms with Crippen LogP contribution in [-0.4, -0.2) is 11.4 Å². The number of nitrogens with two attached hydrogens (primary N) is 1. The molecule has 0 aliphatic heterocycles. The number of halogens is 1. The Morgan fingerprint density at radius 1 is 1.33 bits per heavy atom. The summed E-state index contributed by atoms with van der Waals surface area (Å²) < 4.78 is 0.